The number of anilines is 1. The molecule has 23 heavy (non-hydrogen) atoms. The Morgan fingerprint density at radius 1 is 1.26 bits per heavy atom. The van der Waals surface area contributed by atoms with Crippen molar-refractivity contribution >= 4 is 17.3 Å². The first-order valence-corrected chi connectivity index (χ1v) is 6.94. The van der Waals surface area contributed by atoms with Gasteiger partial charge in [-0.2, -0.15) is 0 Å². The molecule has 2 rings (SSSR count). The molecule has 7 heteroatoms. The van der Waals surface area contributed by atoms with Crippen molar-refractivity contribution in [1.29, 1.82) is 0 Å². The molecule has 0 spiro atoms. The second-order valence-electron chi connectivity index (χ2n) is 4.65. The van der Waals surface area contributed by atoms with E-state index in [1.165, 1.54) is 12.1 Å². The van der Waals surface area contributed by atoms with E-state index in [4.69, 9.17) is 15.2 Å². The van der Waals surface area contributed by atoms with Crippen molar-refractivity contribution in [1.82, 2.24) is 0 Å². The van der Waals surface area contributed by atoms with Crippen LogP contribution in [0, 0.1) is 10.1 Å². The van der Waals surface area contributed by atoms with Gasteiger partial charge in [0.05, 0.1) is 17.1 Å². The number of nitro benzene ring substituents is 1. The predicted octanol–water partition coefficient (Wildman–Crippen LogP) is 2.93. The van der Waals surface area contributed by atoms with Gasteiger partial charge in [0.25, 0.3) is 5.69 Å². The van der Waals surface area contributed by atoms with Crippen molar-refractivity contribution in [3.8, 4) is 5.75 Å². The Hall–Kier alpha value is -3.09. The van der Waals surface area contributed by atoms with Crippen molar-refractivity contribution in [3.05, 3.63) is 63.7 Å². The molecule has 0 saturated carbocycles. The molecule has 0 atom stereocenters. The summed E-state index contributed by atoms with van der Waals surface area (Å²) in [5.74, 6) is -0.0366. The topological polar surface area (TPSA) is 105 Å². The summed E-state index contributed by atoms with van der Waals surface area (Å²) in [6.45, 7) is 2.36. The number of benzene rings is 2. The van der Waals surface area contributed by atoms with Crippen molar-refractivity contribution in [2.24, 2.45) is 0 Å². The van der Waals surface area contributed by atoms with Gasteiger partial charge in [-0.3, -0.25) is 10.1 Å². The third-order valence-electron chi connectivity index (χ3n) is 3.09. The van der Waals surface area contributed by atoms with Crippen LogP contribution in [0.15, 0.2) is 42.5 Å². The highest BCUT2D eigenvalue weighted by atomic mass is 16.6. The Kier molecular flexibility index (Phi) is 5.14. The number of carbonyl (C=O) groups excluding carboxylic acids is 1. The fraction of sp³-hybridized carbons (Fsp3) is 0.188. The van der Waals surface area contributed by atoms with Crippen LogP contribution in [-0.4, -0.2) is 17.5 Å². The molecule has 0 fully saturated rings. The minimum Gasteiger partial charge on any atom is -0.493 e. The monoisotopic (exact) mass is 316 g/mol. The van der Waals surface area contributed by atoms with Crippen LogP contribution in [0.3, 0.4) is 0 Å². The highest BCUT2D eigenvalue weighted by Crippen LogP contribution is 2.24. The molecule has 0 unspecified atom stereocenters. The molecule has 120 valence electrons. The zero-order valence-electron chi connectivity index (χ0n) is 12.5. The van der Waals surface area contributed by atoms with Gasteiger partial charge in [0, 0.05) is 11.6 Å². The number of nitro groups is 1. The number of hydrogen-bond donors (Lipinski definition) is 1. The van der Waals surface area contributed by atoms with Gasteiger partial charge in [-0.05, 0) is 25.1 Å². The number of ether oxygens (including phenoxy) is 2. The first-order chi connectivity index (χ1) is 11.0. The summed E-state index contributed by atoms with van der Waals surface area (Å²) in [6.07, 6.45) is 0. The highest BCUT2D eigenvalue weighted by Gasteiger charge is 2.17. The van der Waals surface area contributed by atoms with Gasteiger partial charge in [0.15, 0.2) is 0 Å². The van der Waals surface area contributed by atoms with E-state index in [2.05, 4.69) is 0 Å². The Morgan fingerprint density at radius 3 is 2.70 bits per heavy atom. The minimum absolute atomic E-state index is 0.00626. The minimum atomic E-state index is -0.667. The molecular formula is C16H16N2O5. The molecule has 0 heterocycles. The summed E-state index contributed by atoms with van der Waals surface area (Å²) < 4.78 is 10.6. The number of nitrogens with two attached hydrogens (primary N) is 1. The van der Waals surface area contributed by atoms with E-state index in [0.717, 1.165) is 6.07 Å². The van der Waals surface area contributed by atoms with Crippen molar-refractivity contribution < 1.29 is 19.2 Å². The first kappa shape index (κ1) is 16.3. The summed E-state index contributed by atoms with van der Waals surface area (Å²) in [5.41, 5.74) is 5.95. The summed E-state index contributed by atoms with van der Waals surface area (Å²) in [7, 11) is 0. The van der Waals surface area contributed by atoms with Gasteiger partial charge in [-0.25, -0.2) is 4.79 Å². The van der Waals surface area contributed by atoms with Gasteiger partial charge >= 0.3 is 5.97 Å². The van der Waals surface area contributed by atoms with Gasteiger partial charge in [0.1, 0.15) is 18.0 Å². The molecule has 0 radical (unpaired) electrons. The van der Waals surface area contributed by atoms with Crippen molar-refractivity contribution in [2.45, 2.75) is 13.5 Å². The summed E-state index contributed by atoms with van der Waals surface area (Å²) in [5, 5.41) is 10.8. The quantitative estimate of drug-likeness (QED) is 0.380. The van der Waals surface area contributed by atoms with Crippen LogP contribution < -0.4 is 10.5 Å². The Morgan fingerprint density at radius 2 is 2.00 bits per heavy atom. The maximum Gasteiger partial charge on any atom is 0.338 e. The van der Waals surface area contributed by atoms with Crippen LogP contribution in [0.4, 0.5) is 11.4 Å². The van der Waals surface area contributed by atoms with E-state index in [1.54, 1.807) is 18.2 Å². The number of hydrogen-bond acceptors (Lipinski definition) is 6. The van der Waals surface area contributed by atoms with Crippen LogP contribution >= 0.6 is 0 Å². The van der Waals surface area contributed by atoms with Gasteiger partial charge in [-0.15, -0.1) is 0 Å². The smallest absolute Gasteiger partial charge is 0.338 e. The molecular weight excluding hydrogens is 300 g/mol. The van der Waals surface area contributed by atoms with Crippen LogP contribution in [0.25, 0.3) is 0 Å². The standard InChI is InChI=1S/C16H16N2O5/c1-2-22-15-6-4-3-5-12(15)10-23-16(19)11-7-8-13(17)14(9-11)18(20)21/h3-9H,2,10,17H2,1H3. The fourth-order valence-corrected chi connectivity index (χ4v) is 1.97. The third-order valence-corrected chi connectivity index (χ3v) is 3.09. The van der Waals surface area contributed by atoms with Crippen LogP contribution in [0.1, 0.15) is 22.8 Å². The van der Waals surface area contributed by atoms with E-state index in [9.17, 15) is 14.9 Å². The molecule has 0 aliphatic carbocycles. The lowest BCUT2D eigenvalue weighted by Crippen LogP contribution is -2.07. The Labute approximate surface area is 132 Å². The van der Waals surface area contributed by atoms with Gasteiger partial charge in [-0.1, -0.05) is 18.2 Å². The van der Waals surface area contributed by atoms with Gasteiger partial charge < -0.3 is 15.2 Å². The lowest BCUT2D eigenvalue weighted by atomic mass is 10.1. The maximum atomic E-state index is 12.0. The van der Waals surface area contributed by atoms with Crippen LogP contribution in [0.5, 0.6) is 5.75 Å². The SMILES string of the molecule is CCOc1ccccc1COC(=O)c1ccc(N)c([N+](=O)[O-])c1. The van der Waals surface area contributed by atoms with Crippen LogP contribution in [0.2, 0.25) is 0 Å². The fourth-order valence-electron chi connectivity index (χ4n) is 1.97. The lowest BCUT2D eigenvalue weighted by molar-refractivity contribution is -0.383. The van der Waals surface area contributed by atoms with Crippen molar-refractivity contribution in [3.63, 3.8) is 0 Å². The summed E-state index contributed by atoms with van der Waals surface area (Å²) in [4.78, 5) is 22.3. The third kappa shape index (κ3) is 3.97. The lowest BCUT2D eigenvalue weighted by Gasteiger charge is -2.10. The Balaban J connectivity index is 2.11. The average Bonchev–Trinajstić information content (AvgIpc) is 2.54. The van der Waals surface area contributed by atoms with Crippen LogP contribution in [-0.2, 0) is 11.3 Å². The van der Waals surface area contributed by atoms with E-state index >= 15 is 0 Å². The molecule has 0 bridgehead atoms. The summed E-state index contributed by atoms with van der Waals surface area (Å²) in [6, 6.07) is 11.0. The molecule has 2 aromatic rings. The number of nitrogen functional groups attached to an aromatic ring is 1. The largest absolute Gasteiger partial charge is 0.493 e. The number of esters is 1. The van der Waals surface area contributed by atoms with E-state index in [1.807, 2.05) is 13.0 Å². The van der Waals surface area contributed by atoms with Crippen molar-refractivity contribution in [2.75, 3.05) is 12.3 Å². The molecule has 0 saturated heterocycles. The number of carbonyl (C=O) groups is 1. The molecule has 2 N–H and O–H groups in total. The zero-order chi connectivity index (χ0) is 16.8. The summed E-state index contributed by atoms with van der Waals surface area (Å²) >= 11 is 0. The molecule has 0 aliphatic heterocycles. The molecule has 2 aromatic carbocycles. The van der Waals surface area contributed by atoms with Gasteiger partial charge in [0.2, 0.25) is 0 Å². The predicted molar refractivity (Wildman–Crippen MR) is 84.2 cm³/mol. The highest BCUT2D eigenvalue weighted by molar-refractivity contribution is 5.91. The number of rotatable bonds is 6. The maximum absolute atomic E-state index is 12.0. The second-order valence-corrected chi connectivity index (χ2v) is 4.65. The van der Waals surface area contributed by atoms with E-state index in [-0.39, 0.29) is 23.5 Å². The molecule has 0 aliphatic rings. The molecule has 0 amide bonds. The number of nitrogens with zero attached hydrogens (tertiary/aromatic N) is 1. The Bertz CT molecular complexity index is 730. The molecule has 7 nitrogen and oxygen atoms in total. The average molecular weight is 316 g/mol. The normalized spacial score (nSPS) is 10.1. The zero-order valence-corrected chi connectivity index (χ0v) is 12.5. The van der Waals surface area contributed by atoms with E-state index < -0.39 is 10.9 Å². The van der Waals surface area contributed by atoms with E-state index in [0.29, 0.717) is 17.9 Å². The molecule has 0 aromatic heterocycles. The number of para-hydroxylation sites is 1. The first-order valence-electron chi connectivity index (χ1n) is 6.94. The second kappa shape index (κ2) is 7.26.